The average Bonchev–Trinajstić information content (AvgIpc) is 3.27. The van der Waals surface area contributed by atoms with Crippen molar-refractivity contribution in [2.24, 2.45) is 13.0 Å². The number of methoxy groups -OCH3 is 1. The number of fused-ring (bicyclic) bond motifs is 2. The molecule has 1 N–H and O–H groups in total. The third-order valence-electron chi connectivity index (χ3n) is 5.39. The van der Waals surface area contributed by atoms with Crippen LogP contribution >= 0.6 is 0 Å². The van der Waals surface area contributed by atoms with Gasteiger partial charge in [0.1, 0.15) is 18.1 Å². The van der Waals surface area contributed by atoms with Crippen LogP contribution in [0.2, 0.25) is 0 Å². The highest BCUT2D eigenvalue weighted by molar-refractivity contribution is 5.88. The van der Waals surface area contributed by atoms with Gasteiger partial charge < -0.3 is 19.2 Å². The molecule has 2 aromatic heterocycles. The zero-order valence-corrected chi connectivity index (χ0v) is 17.2. The molecule has 4 rings (SSSR count). The summed E-state index contributed by atoms with van der Waals surface area (Å²) in [4.78, 5) is 17.7. The first kappa shape index (κ1) is 19.1. The summed E-state index contributed by atoms with van der Waals surface area (Å²) in [6.45, 7) is 4.43. The summed E-state index contributed by atoms with van der Waals surface area (Å²) >= 11 is 0. The first-order chi connectivity index (χ1) is 14.0. The van der Waals surface area contributed by atoms with Crippen LogP contribution in [-0.4, -0.2) is 27.1 Å². The normalized spacial score (nSPS) is 12.6. The number of para-hydroxylation sites is 2. The number of carbonyl (C=O) groups excluding carboxylic acids is 1. The number of imidazole rings is 1. The van der Waals surface area contributed by atoms with E-state index in [1.165, 1.54) is 0 Å². The van der Waals surface area contributed by atoms with Gasteiger partial charge in [0.25, 0.3) is 0 Å². The van der Waals surface area contributed by atoms with Crippen molar-refractivity contribution in [1.29, 1.82) is 0 Å². The van der Waals surface area contributed by atoms with E-state index in [2.05, 4.69) is 23.7 Å². The zero-order valence-electron chi connectivity index (χ0n) is 17.2. The Balaban J connectivity index is 1.59. The van der Waals surface area contributed by atoms with Crippen molar-refractivity contribution in [3.8, 4) is 5.75 Å². The maximum Gasteiger partial charge on any atom is 0.240 e. The van der Waals surface area contributed by atoms with Crippen LogP contribution in [0, 0.1) is 5.92 Å². The fourth-order valence-electron chi connectivity index (χ4n) is 3.86. The van der Waals surface area contributed by atoms with E-state index in [1.807, 2.05) is 66.3 Å². The number of nitrogens with zero attached hydrogens (tertiary/aromatic N) is 3. The van der Waals surface area contributed by atoms with Gasteiger partial charge in [-0.3, -0.25) is 4.79 Å². The standard InChI is InChI=1S/C23H26N4O2/c1-15(2)22(23-24-17-8-5-6-9-19(17)26(23)3)25-21(28)14-27-13-12-16-18(27)10-7-11-20(16)29-4/h5-13,15,22H,14H2,1-4H3,(H,25,28)/t22-/m0/s1. The molecule has 1 atom stereocenters. The maximum atomic E-state index is 12.9. The Bertz CT molecular complexity index is 1170. The van der Waals surface area contributed by atoms with Crippen molar-refractivity contribution in [3.63, 3.8) is 0 Å². The Kier molecular flexibility index (Phi) is 5.01. The molecule has 2 aromatic carbocycles. The molecule has 29 heavy (non-hydrogen) atoms. The van der Waals surface area contributed by atoms with Crippen LogP contribution in [0.25, 0.3) is 21.9 Å². The largest absolute Gasteiger partial charge is 0.496 e. The van der Waals surface area contributed by atoms with Crippen LogP contribution in [0.15, 0.2) is 54.7 Å². The Morgan fingerprint density at radius 1 is 1.10 bits per heavy atom. The number of hydrogen-bond acceptors (Lipinski definition) is 3. The quantitative estimate of drug-likeness (QED) is 0.540. The second kappa shape index (κ2) is 7.62. The van der Waals surface area contributed by atoms with Gasteiger partial charge >= 0.3 is 0 Å². The third-order valence-corrected chi connectivity index (χ3v) is 5.39. The number of carbonyl (C=O) groups is 1. The first-order valence-electron chi connectivity index (χ1n) is 9.82. The molecule has 0 saturated heterocycles. The van der Waals surface area contributed by atoms with E-state index in [1.54, 1.807) is 7.11 Å². The number of ether oxygens (including phenoxy) is 1. The minimum Gasteiger partial charge on any atom is -0.496 e. The smallest absolute Gasteiger partial charge is 0.240 e. The predicted molar refractivity (Wildman–Crippen MR) is 115 cm³/mol. The molecule has 0 radical (unpaired) electrons. The fraction of sp³-hybridized carbons (Fsp3) is 0.304. The lowest BCUT2D eigenvalue weighted by molar-refractivity contribution is -0.122. The minimum absolute atomic E-state index is 0.0453. The molecule has 0 spiro atoms. The molecule has 0 aliphatic heterocycles. The summed E-state index contributed by atoms with van der Waals surface area (Å²) in [5.74, 6) is 1.84. The van der Waals surface area contributed by atoms with Gasteiger partial charge in [-0.2, -0.15) is 0 Å². The monoisotopic (exact) mass is 390 g/mol. The number of amides is 1. The van der Waals surface area contributed by atoms with Crippen LogP contribution < -0.4 is 10.1 Å². The van der Waals surface area contributed by atoms with Crippen LogP contribution in [0.1, 0.15) is 25.7 Å². The Morgan fingerprint density at radius 2 is 1.86 bits per heavy atom. The van der Waals surface area contributed by atoms with Crippen LogP contribution in [0.5, 0.6) is 5.75 Å². The van der Waals surface area contributed by atoms with Gasteiger partial charge in [0.05, 0.1) is 29.7 Å². The lowest BCUT2D eigenvalue weighted by Crippen LogP contribution is -2.35. The molecule has 0 unspecified atom stereocenters. The van der Waals surface area contributed by atoms with E-state index in [0.29, 0.717) is 0 Å². The van der Waals surface area contributed by atoms with E-state index >= 15 is 0 Å². The van der Waals surface area contributed by atoms with Gasteiger partial charge in [0.15, 0.2) is 0 Å². The predicted octanol–water partition coefficient (Wildman–Crippen LogP) is 4.05. The summed E-state index contributed by atoms with van der Waals surface area (Å²) in [6.07, 6.45) is 1.92. The molecular formula is C23H26N4O2. The molecule has 150 valence electrons. The Labute approximate surface area is 170 Å². The van der Waals surface area contributed by atoms with Gasteiger partial charge in [-0.1, -0.05) is 32.0 Å². The fourth-order valence-corrected chi connectivity index (χ4v) is 3.86. The minimum atomic E-state index is -0.170. The highest BCUT2D eigenvalue weighted by Gasteiger charge is 2.24. The van der Waals surface area contributed by atoms with Crippen LogP contribution in [-0.2, 0) is 18.4 Å². The summed E-state index contributed by atoms with van der Waals surface area (Å²) in [5.41, 5.74) is 2.97. The van der Waals surface area contributed by atoms with Crippen LogP contribution in [0.4, 0.5) is 0 Å². The van der Waals surface area contributed by atoms with Crippen molar-refractivity contribution < 1.29 is 9.53 Å². The Hall–Kier alpha value is -3.28. The average molecular weight is 390 g/mol. The number of rotatable bonds is 6. The topological polar surface area (TPSA) is 61.1 Å². The van der Waals surface area contributed by atoms with Crippen molar-refractivity contribution in [2.45, 2.75) is 26.4 Å². The molecule has 6 nitrogen and oxygen atoms in total. The van der Waals surface area contributed by atoms with E-state index in [0.717, 1.165) is 33.5 Å². The number of aromatic nitrogens is 3. The lowest BCUT2D eigenvalue weighted by Gasteiger charge is -2.22. The number of nitrogens with one attached hydrogen (secondary N) is 1. The van der Waals surface area contributed by atoms with Gasteiger partial charge in [0, 0.05) is 18.6 Å². The van der Waals surface area contributed by atoms with Crippen molar-refractivity contribution in [2.75, 3.05) is 7.11 Å². The molecule has 0 aliphatic carbocycles. The molecule has 4 aromatic rings. The summed E-state index contributed by atoms with van der Waals surface area (Å²) in [5, 5.41) is 4.19. The first-order valence-corrected chi connectivity index (χ1v) is 9.82. The molecule has 6 heteroatoms. The zero-order chi connectivity index (χ0) is 20.5. The highest BCUT2D eigenvalue weighted by Crippen LogP contribution is 2.27. The number of benzene rings is 2. The van der Waals surface area contributed by atoms with Gasteiger partial charge in [-0.15, -0.1) is 0 Å². The molecular weight excluding hydrogens is 364 g/mol. The molecule has 0 fully saturated rings. The second-order valence-corrected chi connectivity index (χ2v) is 7.64. The van der Waals surface area contributed by atoms with E-state index < -0.39 is 0 Å². The summed E-state index contributed by atoms with van der Waals surface area (Å²) in [6, 6.07) is 15.7. The van der Waals surface area contributed by atoms with Crippen LogP contribution in [0.3, 0.4) is 0 Å². The molecule has 0 aliphatic rings. The molecule has 2 heterocycles. The maximum absolute atomic E-state index is 12.9. The van der Waals surface area contributed by atoms with Gasteiger partial charge in [0.2, 0.25) is 5.91 Å². The summed E-state index contributed by atoms with van der Waals surface area (Å²) < 4.78 is 9.43. The van der Waals surface area contributed by atoms with Crippen molar-refractivity contribution in [3.05, 3.63) is 60.6 Å². The third kappa shape index (κ3) is 3.46. The second-order valence-electron chi connectivity index (χ2n) is 7.64. The van der Waals surface area contributed by atoms with Gasteiger partial charge in [-0.25, -0.2) is 4.98 Å². The SMILES string of the molecule is COc1cccc2c1ccn2CC(=O)N[C@H](c1nc2ccccc2n1C)C(C)C. The van der Waals surface area contributed by atoms with E-state index in [9.17, 15) is 4.79 Å². The van der Waals surface area contributed by atoms with E-state index in [-0.39, 0.29) is 24.4 Å². The van der Waals surface area contributed by atoms with Crippen molar-refractivity contribution >= 4 is 27.8 Å². The number of aryl methyl sites for hydroxylation is 1. The highest BCUT2D eigenvalue weighted by atomic mass is 16.5. The van der Waals surface area contributed by atoms with E-state index in [4.69, 9.17) is 9.72 Å². The van der Waals surface area contributed by atoms with Crippen molar-refractivity contribution in [1.82, 2.24) is 19.4 Å². The molecule has 0 saturated carbocycles. The lowest BCUT2D eigenvalue weighted by atomic mass is 10.0. The molecule has 1 amide bonds. The molecule has 0 bridgehead atoms. The number of hydrogen-bond donors (Lipinski definition) is 1. The van der Waals surface area contributed by atoms with Gasteiger partial charge in [-0.05, 0) is 36.2 Å². The summed E-state index contributed by atoms with van der Waals surface area (Å²) in [7, 11) is 3.65. The Morgan fingerprint density at radius 3 is 2.59 bits per heavy atom.